The Morgan fingerprint density at radius 1 is 1.07 bits per heavy atom. The molecule has 1 saturated heterocycles. The van der Waals surface area contributed by atoms with E-state index in [4.69, 9.17) is 0 Å². The average molecular weight is 379 g/mol. The average Bonchev–Trinajstić information content (AvgIpc) is 2.67. The van der Waals surface area contributed by atoms with E-state index in [1.54, 1.807) is 9.80 Å². The molecule has 27 heavy (non-hydrogen) atoms. The molecular formula is C17H16F3N5O2. The standard InChI is InChI=1S/C17H16F3N5O2/c18-17(19,20)12-1-3-13(4-2-12)23-15-9-14(21-10-22-15)16(27)25-7-5-24(11-26)6-8-25/h1-4,9-11H,5-8H2,(H,21,22,23). The summed E-state index contributed by atoms with van der Waals surface area (Å²) in [6.45, 7) is 1.72. The van der Waals surface area contributed by atoms with Crippen molar-refractivity contribution in [3.8, 4) is 0 Å². The largest absolute Gasteiger partial charge is 0.416 e. The molecule has 0 radical (unpaired) electrons. The van der Waals surface area contributed by atoms with Crippen molar-refractivity contribution in [1.82, 2.24) is 19.8 Å². The Labute approximate surface area is 152 Å². The number of nitrogens with zero attached hydrogens (tertiary/aromatic N) is 4. The summed E-state index contributed by atoms with van der Waals surface area (Å²) in [5.41, 5.74) is -0.181. The van der Waals surface area contributed by atoms with Crippen LogP contribution in [0.1, 0.15) is 16.1 Å². The zero-order valence-corrected chi connectivity index (χ0v) is 14.1. The zero-order valence-electron chi connectivity index (χ0n) is 14.1. The Kier molecular flexibility index (Phi) is 5.24. The molecule has 0 saturated carbocycles. The van der Waals surface area contributed by atoms with Gasteiger partial charge in [-0.15, -0.1) is 0 Å². The zero-order chi connectivity index (χ0) is 19.4. The fourth-order valence-electron chi connectivity index (χ4n) is 2.63. The summed E-state index contributed by atoms with van der Waals surface area (Å²) in [5, 5.41) is 2.85. The first kappa shape index (κ1) is 18.6. The molecule has 0 unspecified atom stereocenters. The highest BCUT2D eigenvalue weighted by Crippen LogP contribution is 2.30. The quantitative estimate of drug-likeness (QED) is 0.824. The minimum Gasteiger partial charge on any atom is -0.342 e. The van der Waals surface area contributed by atoms with E-state index < -0.39 is 11.7 Å². The van der Waals surface area contributed by atoms with E-state index in [2.05, 4.69) is 15.3 Å². The van der Waals surface area contributed by atoms with Gasteiger partial charge in [-0.3, -0.25) is 9.59 Å². The predicted molar refractivity (Wildman–Crippen MR) is 90.3 cm³/mol. The first-order valence-corrected chi connectivity index (χ1v) is 8.12. The number of piperazine rings is 1. The van der Waals surface area contributed by atoms with E-state index in [1.807, 2.05) is 0 Å². The molecular weight excluding hydrogens is 363 g/mol. The van der Waals surface area contributed by atoms with E-state index in [9.17, 15) is 22.8 Å². The maximum atomic E-state index is 12.6. The third kappa shape index (κ3) is 4.52. The second-order valence-corrected chi connectivity index (χ2v) is 5.92. The summed E-state index contributed by atoms with van der Waals surface area (Å²) < 4.78 is 37.8. The molecule has 7 nitrogen and oxygen atoms in total. The molecule has 0 bridgehead atoms. The third-order valence-corrected chi connectivity index (χ3v) is 4.12. The molecule has 2 heterocycles. The van der Waals surface area contributed by atoms with Gasteiger partial charge in [0.15, 0.2) is 0 Å². The summed E-state index contributed by atoms with van der Waals surface area (Å²) in [4.78, 5) is 34.4. The number of rotatable bonds is 4. The number of aromatic nitrogens is 2. The lowest BCUT2D eigenvalue weighted by Crippen LogP contribution is -2.48. The number of nitrogens with one attached hydrogen (secondary N) is 1. The highest BCUT2D eigenvalue weighted by Gasteiger charge is 2.30. The molecule has 0 aliphatic carbocycles. The predicted octanol–water partition coefficient (Wildman–Crippen LogP) is 2.15. The van der Waals surface area contributed by atoms with Gasteiger partial charge in [0.05, 0.1) is 5.56 Å². The number of halogens is 3. The van der Waals surface area contributed by atoms with Crippen LogP contribution in [0, 0.1) is 0 Å². The molecule has 2 amide bonds. The molecule has 2 aromatic rings. The van der Waals surface area contributed by atoms with Crippen molar-refractivity contribution in [1.29, 1.82) is 0 Å². The Morgan fingerprint density at radius 2 is 1.74 bits per heavy atom. The Balaban J connectivity index is 1.68. The maximum Gasteiger partial charge on any atom is 0.416 e. The maximum absolute atomic E-state index is 12.6. The van der Waals surface area contributed by atoms with Crippen LogP contribution in [-0.2, 0) is 11.0 Å². The summed E-state index contributed by atoms with van der Waals surface area (Å²) in [5.74, 6) is -0.00180. The Bertz CT molecular complexity index is 818. The molecule has 1 N–H and O–H groups in total. The second-order valence-electron chi connectivity index (χ2n) is 5.92. The lowest BCUT2D eigenvalue weighted by atomic mass is 10.2. The summed E-state index contributed by atoms with van der Waals surface area (Å²) >= 11 is 0. The van der Waals surface area contributed by atoms with Gasteiger partial charge in [-0.05, 0) is 24.3 Å². The monoisotopic (exact) mass is 379 g/mol. The number of benzene rings is 1. The Morgan fingerprint density at radius 3 is 2.33 bits per heavy atom. The molecule has 1 aromatic heterocycles. The van der Waals surface area contributed by atoms with Crippen molar-refractivity contribution >= 4 is 23.8 Å². The summed E-state index contributed by atoms with van der Waals surface area (Å²) in [6.07, 6.45) is -2.44. The molecule has 10 heteroatoms. The first-order chi connectivity index (χ1) is 12.9. The van der Waals surface area contributed by atoms with Crippen LogP contribution in [0.4, 0.5) is 24.7 Å². The summed E-state index contributed by atoms with van der Waals surface area (Å²) in [6, 6.07) is 5.92. The van der Waals surface area contributed by atoms with Gasteiger partial charge in [0.25, 0.3) is 5.91 Å². The van der Waals surface area contributed by atoms with Gasteiger partial charge in [-0.25, -0.2) is 9.97 Å². The highest BCUT2D eigenvalue weighted by molar-refractivity contribution is 5.93. The molecule has 3 rings (SSSR count). The van der Waals surface area contributed by atoms with Crippen molar-refractivity contribution in [3.05, 3.63) is 47.9 Å². The fourth-order valence-corrected chi connectivity index (χ4v) is 2.63. The molecule has 1 fully saturated rings. The van der Waals surface area contributed by atoms with Crippen LogP contribution in [-0.4, -0.2) is 58.3 Å². The van der Waals surface area contributed by atoms with Crippen molar-refractivity contribution < 1.29 is 22.8 Å². The normalized spacial score (nSPS) is 14.8. The molecule has 0 spiro atoms. The van der Waals surface area contributed by atoms with Crippen molar-refractivity contribution in [3.63, 3.8) is 0 Å². The minimum atomic E-state index is -4.40. The highest BCUT2D eigenvalue weighted by atomic mass is 19.4. The molecule has 1 aromatic carbocycles. The van der Waals surface area contributed by atoms with Gasteiger partial charge < -0.3 is 15.1 Å². The molecule has 0 atom stereocenters. The number of hydrogen-bond donors (Lipinski definition) is 1. The lowest BCUT2D eigenvalue weighted by molar-refractivity contribution is -0.137. The lowest BCUT2D eigenvalue weighted by Gasteiger charge is -2.32. The van der Waals surface area contributed by atoms with Gasteiger partial charge in [0, 0.05) is 37.9 Å². The van der Waals surface area contributed by atoms with E-state index in [0.29, 0.717) is 37.7 Å². The first-order valence-electron chi connectivity index (χ1n) is 8.12. The summed E-state index contributed by atoms with van der Waals surface area (Å²) in [7, 11) is 0. The van der Waals surface area contributed by atoms with Crippen molar-refractivity contribution in [2.24, 2.45) is 0 Å². The van der Waals surface area contributed by atoms with Gasteiger partial charge >= 0.3 is 6.18 Å². The number of hydrogen-bond acceptors (Lipinski definition) is 5. The second kappa shape index (κ2) is 7.60. The van der Waals surface area contributed by atoms with Crippen LogP contribution in [0.15, 0.2) is 36.7 Å². The van der Waals surface area contributed by atoms with Crippen LogP contribution in [0.25, 0.3) is 0 Å². The van der Waals surface area contributed by atoms with Gasteiger partial charge in [-0.1, -0.05) is 0 Å². The number of carbonyl (C=O) groups is 2. The third-order valence-electron chi connectivity index (χ3n) is 4.12. The van der Waals surface area contributed by atoms with Crippen LogP contribution < -0.4 is 5.32 Å². The molecule has 1 aliphatic heterocycles. The van der Waals surface area contributed by atoms with Crippen molar-refractivity contribution in [2.75, 3.05) is 31.5 Å². The van der Waals surface area contributed by atoms with Crippen LogP contribution >= 0.6 is 0 Å². The molecule has 1 aliphatic rings. The van der Waals surface area contributed by atoms with Gasteiger partial charge in [0.1, 0.15) is 17.8 Å². The number of anilines is 2. The van der Waals surface area contributed by atoms with Crippen LogP contribution in [0.2, 0.25) is 0 Å². The van der Waals surface area contributed by atoms with Crippen LogP contribution in [0.5, 0.6) is 0 Å². The van der Waals surface area contributed by atoms with Crippen LogP contribution in [0.3, 0.4) is 0 Å². The van der Waals surface area contributed by atoms with Crippen molar-refractivity contribution in [2.45, 2.75) is 6.18 Å². The van der Waals surface area contributed by atoms with Gasteiger partial charge in [-0.2, -0.15) is 13.2 Å². The molecule has 142 valence electrons. The van der Waals surface area contributed by atoms with E-state index in [-0.39, 0.29) is 11.6 Å². The Hall–Kier alpha value is -3.17. The number of carbonyl (C=O) groups excluding carboxylic acids is 2. The van der Waals surface area contributed by atoms with E-state index >= 15 is 0 Å². The minimum absolute atomic E-state index is 0.166. The van der Waals surface area contributed by atoms with E-state index in [1.165, 1.54) is 24.5 Å². The SMILES string of the molecule is O=CN1CCN(C(=O)c2cc(Nc3ccc(C(F)(F)F)cc3)ncn2)CC1. The van der Waals surface area contributed by atoms with E-state index in [0.717, 1.165) is 18.5 Å². The fraction of sp³-hybridized carbons (Fsp3) is 0.294. The van der Waals surface area contributed by atoms with Gasteiger partial charge in [0.2, 0.25) is 6.41 Å². The number of amides is 2. The number of alkyl halides is 3. The topological polar surface area (TPSA) is 78.4 Å². The smallest absolute Gasteiger partial charge is 0.342 e.